The second-order valence-corrected chi connectivity index (χ2v) is 6.06. The lowest BCUT2D eigenvalue weighted by Crippen LogP contribution is -2.38. The molecule has 0 radical (unpaired) electrons. The van der Waals surface area contributed by atoms with E-state index in [0.29, 0.717) is 23.5 Å². The van der Waals surface area contributed by atoms with E-state index >= 15 is 0 Å². The van der Waals surface area contributed by atoms with E-state index in [4.69, 9.17) is 8.94 Å². The Bertz CT molecular complexity index is 886. The van der Waals surface area contributed by atoms with Crippen LogP contribution in [0, 0.1) is 13.8 Å². The predicted molar refractivity (Wildman–Crippen MR) is 91.9 cm³/mol. The predicted octanol–water partition coefficient (Wildman–Crippen LogP) is 2.64. The molecule has 2 heterocycles. The third-order valence-corrected chi connectivity index (χ3v) is 3.75. The topological polar surface area (TPSA) is 110 Å². The van der Waals surface area contributed by atoms with Crippen molar-refractivity contribution in [2.24, 2.45) is 0 Å². The summed E-state index contributed by atoms with van der Waals surface area (Å²) < 4.78 is 10.5. The van der Waals surface area contributed by atoms with Crippen LogP contribution in [0.2, 0.25) is 0 Å². The van der Waals surface area contributed by atoms with Gasteiger partial charge in [-0.3, -0.25) is 0 Å². The lowest BCUT2D eigenvalue weighted by molar-refractivity contribution is 0.195. The summed E-state index contributed by atoms with van der Waals surface area (Å²) >= 11 is 0. The fourth-order valence-electron chi connectivity index (χ4n) is 2.26. The van der Waals surface area contributed by atoms with Crippen LogP contribution in [-0.4, -0.2) is 38.3 Å². The van der Waals surface area contributed by atoms with Crippen molar-refractivity contribution in [1.82, 2.24) is 30.6 Å². The third kappa shape index (κ3) is 4.05. The van der Waals surface area contributed by atoms with Crippen LogP contribution >= 0.6 is 0 Å². The molecule has 0 saturated carbocycles. The first kappa shape index (κ1) is 17.6. The van der Waals surface area contributed by atoms with Crippen molar-refractivity contribution in [3.8, 4) is 11.4 Å². The van der Waals surface area contributed by atoms with Crippen LogP contribution in [0.3, 0.4) is 0 Å². The number of nitrogens with one attached hydrogen (secondary N) is 1. The van der Waals surface area contributed by atoms with Crippen LogP contribution in [0.5, 0.6) is 0 Å². The van der Waals surface area contributed by atoms with Crippen LogP contribution in [0.15, 0.2) is 33.2 Å². The van der Waals surface area contributed by atoms with Crippen LogP contribution in [0.4, 0.5) is 4.79 Å². The molecular weight excluding hydrogens is 336 g/mol. The molecule has 0 unspecified atom stereocenters. The Balaban J connectivity index is 1.61. The minimum Gasteiger partial charge on any atom is -0.424 e. The van der Waals surface area contributed by atoms with Crippen molar-refractivity contribution in [1.29, 1.82) is 0 Å². The zero-order valence-electron chi connectivity index (χ0n) is 15.1. The number of amides is 2. The molecule has 0 aliphatic carbocycles. The maximum Gasteiger partial charge on any atom is 0.318 e. The summed E-state index contributed by atoms with van der Waals surface area (Å²) in [6.07, 6.45) is 0. The molecule has 0 spiro atoms. The molecule has 9 heteroatoms. The van der Waals surface area contributed by atoms with Gasteiger partial charge in [0.05, 0.1) is 0 Å². The summed E-state index contributed by atoms with van der Waals surface area (Å²) in [5, 5.41) is 14.4. The molecule has 1 aromatic carbocycles. The summed E-state index contributed by atoms with van der Waals surface area (Å²) in [5.41, 5.74) is 2.01. The second kappa shape index (κ2) is 7.34. The molecule has 3 aromatic rings. The monoisotopic (exact) mass is 356 g/mol. The van der Waals surface area contributed by atoms with Crippen molar-refractivity contribution < 1.29 is 13.7 Å². The highest BCUT2D eigenvalue weighted by Gasteiger charge is 2.20. The number of carbonyl (C=O) groups is 1. The number of aromatic nitrogens is 4. The van der Waals surface area contributed by atoms with Crippen LogP contribution in [-0.2, 0) is 6.54 Å². The van der Waals surface area contributed by atoms with E-state index in [1.807, 2.05) is 31.2 Å². The Morgan fingerprint density at radius 2 is 1.96 bits per heavy atom. The molecule has 2 amide bonds. The quantitative estimate of drug-likeness (QED) is 0.748. The van der Waals surface area contributed by atoms with E-state index in [-0.39, 0.29) is 12.6 Å². The fourth-order valence-corrected chi connectivity index (χ4v) is 2.26. The van der Waals surface area contributed by atoms with E-state index in [1.54, 1.807) is 20.9 Å². The zero-order valence-corrected chi connectivity index (χ0v) is 15.1. The largest absolute Gasteiger partial charge is 0.424 e. The van der Waals surface area contributed by atoms with E-state index in [9.17, 15) is 4.79 Å². The van der Waals surface area contributed by atoms with Crippen molar-refractivity contribution >= 4 is 6.03 Å². The van der Waals surface area contributed by atoms with Crippen molar-refractivity contribution in [3.05, 3.63) is 47.5 Å². The lowest BCUT2D eigenvalue weighted by atomic mass is 10.1. The van der Waals surface area contributed by atoms with Crippen LogP contribution in [0.1, 0.15) is 36.2 Å². The van der Waals surface area contributed by atoms with Gasteiger partial charge in [-0.2, -0.15) is 4.98 Å². The molecule has 26 heavy (non-hydrogen) atoms. The molecule has 0 aliphatic rings. The van der Waals surface area contributed by atoms with Crippen molar-refractivity contribution in [2.75, 3.05) is 7.05 Å². The van der Waals surface area contributed by atoms with Crippen LogP contribution in [0.25, 0.3) is 11.4 Å². The smallest absolute Gasteiger partial charge is 0.318 e. The van der Waals surface area contributed by atoms with Gasteiger partial charge in [0.1, 0.15) is 12.6 Å². The minimum atomic E-state index is -0.443. The van der Waals surface area contributed by atoms with Gasteiger partial charge < -0.3 is 19.2 Å². The van der Waals surface area contributed by atoms with Gasteiger partial charge in [0, 0.05) is 19.5 Å². The third-order valence-electron chi connectivity index (χ3n) is 3.75. The molecule has 2 aromatic heterocycles. The normalized spacial score (nSPS) is 12.0. The summed E-state index contributed by atoms with van der Waals surface area (Å²) in [4.78, 5) is 18.1. The number of aryl methyl sites for hydroxylation is 2. The maximum absolute atomic E-state index is 12.3. The molecular formula is C17H20N6O3. The summed E-state index contributed by atoms with van der Waals surface area (Å²) in [5.74, 6) is 1.63. The lowest BCUT2D eigenvalue weighted by Gasteiger charge is -2.18. The molecule has 0 fully saturated rings. The Morgan fingerprint density at radius 1 is 1.23 bits per heavy atom. The van der Waals surface area contributed by atoms with Crippen LogP contribution < -0.4 is 5.32 Å². The molecule has 136 valence electrons. The average Bonchev–Trinajstić information content (AvgIpc) is 3.25. The Hall–Kier alpha value is -3.23. The first-order valence-electron chi connectivity index (χ1n) is 8.13. The molecule has 1 N–H and O–H groups in total. The van der Waals surface area contributed by atoms with Gasteiger partial charge >= 0.3 is 6.03 Å². The Kier molecular flexibility index (Phi) is 4.97. The van der Waals surface area contributed by atoms with Gasteiger partial charge in [0.15, 0.2) is 0 Å². The van der Waals surface area contributed by atoms with Gasteiger partial charge in [0.2, 0.25) is 23.5 Å². The first-order chi connectivity index (χ1) is 12.4. The average molecular weight is 356 g/mol. The number of hydrogen-bond donors (Lipinski definition) is 1. The summed E-state index contributed by atoms with van der Waals surface area (Å²) in [7, 11) is 1.63. The molecule has 0 saturated heterocycles. The molecule has 0 aliphatic heterocycles. The number of urea groups is 1. The Labute approximate surface area is 150 Å². The molecule has 9 nitrogen and oxygen atoms in total. The van der Waals surface area contributed by atoms with E-state index in [0.717, 1.165) is 11.1 Å². The number of benzene rings is 1. The van der Waals surface area contributed by atoms with Gasteiger partial charge in [-0.15, -0.1) is 10.2 Å². The molecule has 0 bridgehead atoms. The van der Waals surface area contributed by atoms with E-state index in [1.165, 1.54) is 4.90 Å². The number of carbonyl (C=O) groups excluding carboxylic acids is 1. The summed E-state index contributed by atoms with van der Waals surface area (Å²) in [6.45, 7) is 5.68. The van der Waals surface area contributed by atoms with Crippen molar-refractivity contribution in [2.45, 2.75) is 33.4 Å². The highest BCUT2D eigenvalue weighted by molar-refractivity contribution is 5.74. The van der Waals surface area contributed by atoms with E-state index < -0.39 is 6.04 Å². The maximum atomic E-state index is 12.3. The van der Waals surface area contributed by atoms with Gasteiger partial charge in [-0.1, -0.05) is 35.0 Å². The SMILES string of the molecule is Cc1ccc(-c2noc([C@@H](C)NC(=O)N(C)Cc3nnc(C)o3)n2)cc1. The Morgan fingerprint density at radius 3 is 2.62 bits per heavy atom. The fraction of sp³-hybridized carbons (Fsp3) is 0.353. The van der Waals surface area contributed by atoms with Gasteiger partial charge in [-0.05, 0) is 13.8 Å². The standard InChI is InChI=1S/C17H20N6O3/c1-10-5-7-13(8-6-10)15-19-16(26-22-15)11(2)18-17(24)23(4)9-14-21-20-12(3)25-14/h5-8,11H,9H2,1-4H3,(H,18,24)/t11-/m1/s1. The molecule has 1 atom stereocenters. The highest BCUT2D eigenvalue weighted by atomic mass is 16.5. The van der Waals surface area contributed by atoms with E-state index in [2.05, 4.69) is 25.7 Å². The number of nitrogens with zero attached hydrogens (tertiary/aromatic N) is 5. The number of rotatable bonds is 5. The first-order valence-corrected chi connectivity index (χ1v) is 8.13. The minimum absolute atomic E-state index is 0.206. The van der Waals surface area contributed by atoms with Gasteiger partial charge in [-0.25, -0.2) is 4.79 Å². The molecule has 3 rings (SSSR count). The van der Waals surface area contributed by atoms with Crippen molar-refractivity contribution in [3.63, 3.8) is 0 Å². The summed E-state index contributed by atoms with van der Waals surface area (Å²) in [6, 6.07) is 7.04. The second-order valence-electron chi connectivity index (χ2n) is 6.06. The van der Waals surface area contributed by atoms with Gasteiger partial charge in [0.25, 0.3) is 0 Å². The highest BCUT2D eigenvalue weighted by Crippen LogP contribution is 2.19. The zero-order chi connectivity index (χ0) is 18.7. The number of hydrogen-bond acceptors (Lipinski definition) is 7.